The average molecular weight is 304 g/mol. The molecule has 1 aromatic rings. The van der Waals surface area contributed by atoms with Gasteiger partial charge in [0, 0.05) is 19.2 Å². The maximum absolute atomic E-state index is 13.2. The lowest BCUT2D eigenvalue weighted by molar-refractivity contribution is 0.263. The fraction of sp³-hybridized carbons (Fsp3) is 0.538. The summed E-state index contributed by atoms with van der Waals surface area (Å²) in [6.07, 6.45) is 1.70. The average Bonchev–Trinajstić information content (AvgIpc) is 2.38. The highest BCUT2D eigenvalue weighted by Gasteiger charge is 2.30. The zero-order chi connectivity index (χ0) is 14.8. The molecule has 0 spiro atoms. The van der Waals surface area contributed by atoms with Crippen molar-refractivity contribution in [2.75, 3.05) is 26.7 Å². The summed E-state index contributed by atoms with van der Waals surface area (Å²) in [5.41, 5.74) is 0. The Morgan fingerprint density at radius 1 is 1.30 bits per heavy atom. The van der Waals surface area contributed by atoms with Gasteiger partial charge in [0.1, 0.15) is 11.6 Å². The zero-order valence-corrected chi connectivity index (χ0v) is 12.1. The van der Waals surface area contributed by atoms with Crippen molar-refractivity contribution >= 4 is 10.0 Å². The summed E-state index contributed by atoms with van der Waals surface area (Å²) in [5, 5.41) is 3.03. The van der Waals surface area contributed by atoms with Crippen LogP contribution < -0.4 is 5.32 Å². The lowest BCUT2D eigenvalue weighted by Crippen LogP contribution is -2.42. The molecule has 0 bridgehead atoms. The van der Waals surface area contributed by atoms with E-state index in [2.05, 4.69) is 5.32 Å². The van der Waals surface area contributed by atoms with E-state index in [-0.39, 0.29) is 10.8 Å². The van der Waals surface area contributed by atoms with E-state index in [0.29, 0.717) is 19.2 Å². The number of sulfonamides is 1. The van der Waals surface area contributed by atoms with E-state index < -0.39 is 21.7 Å². The van der Waals surface area contributed by atoms with Gasteiger partial charge < -0.3 is 5.32 Å². The van der Waals surface area contributed by atoms with Gasteiger partial charge in [0.2, 0.25) is 10.0 Å². The minimum absolute atomic E-state index is 0.224. The van der Waals surface area contributed by atoms with E-state index >= 15 is 0 Å². The smallest absolute Gasteiger partial charge is 0.243 e. The van der Waals surface area contributed by atoms with Crippen LogP contribution in [0.2, 0.25) is 0 Å². The van der Waals surface area contributed by atoms with Crippen LogP contribution in [-0.2, 0) is 10.0 Å². The Balaban J connectivity index is 2.25. The molecule has 1 fully saturated rings. The minimum Gasteiger partial charge on any atom is -0.319 e. The fourth-order valence-corrected chi connectivity index (χ4v) is 4.12. The van der Waals surface area contributed by atoms with Gasteiger partial charge in [0.25, 0.3) is 0 Å². The Labute approximate surface area is 117 Å². The molecule has 1 atom stereocenters. The molecule has 1 unspecified atom stereocenters. The lowest BCUT2D eigenvalue weighted by Gasteiger charge is -2.31. The SMILES string of the molecule is CNCC1CCCN(S(=O)(=O)c2cc(F)cc(F)c2)C1. The maximum atomic E-state index is 13.2. The third-order valence-corrected chi connectivity index (χ3v) is 5.29. The van der Waals surface area contributed by atoms with Gasteiger partial charge in [-0.3, -0.25) is 0 Å². The number of hydrogen-bond acceptors (Lipinski definition) is 3. The molecule has 1 aliphatic rings. The van der Waals surface area contributed by atoms with Gasteiger partial charge in [-0.2, -0.15) is 4.31 Å². The summed E-state index contributed by atoms with van der Waals surface area (Å²) >= 11 is 0. The normalized spacial score (nSPS) is 21.1. The third-order valence-electron chi connectivity index (χ3n) is 3.45. The van der Waals surface area contributed by atoms with Gasteiger partial charge in [-0.25, -0.2) is 17.2 Å². The second-order valence-electron chi connectivity index (χ2n) is 5.03. The van der Waals surface area contributed by atoms with Crippen LogP contribution in [0.15, 0.2) is 23.1 Å². The Kier molecular flexibility index (Phi) is 4.72. The predicted molar refractivity (Wildman–Crippen MR) is 71.8 cm³/mol. The van der Waals surface area contributed by atoms with E-state index in [1.807, 2.05) is 7.05 Å². The number of nitrogens with one attached hydrogen (secondary N) is 1. The van der Waals surface area contributed by atoms with E-state index in [4.69, 9.17) is 0 Å². The van der Waals surface area contributed by atoms with Crippen molar-refractivity contribution in [3.8, 4) is 0 Å². The van der Waals surface area contributed by atoms with Crippen molar-refractivity contribution in [2.24, 2.45) is 5.92 Å². The van der Waals surface area contributed by atoms with Crippen LogP contribution in [0.5, 0.6) is 0 Å². The van der Waals surface area contributed by atoms with Crippen molar-refractivity contribution < 1.29 is 17.2 Å². The van der Waals surface area contributed by atoms with Gasteiger partial charge in [-0.1, -0.05) is 0 Å². The van der Waals surface area contributed by atoms with Gasteiger partial charge in [-0.05, 0) is 44.5 Å². The Morgan fingerprint density at radius 3 is 2.55 bits per heavy atom. The predicted octanol–water partition coefficient (Wildman–Crippen LogP) is 1.58. The second-order valence-corrected chi connectivity index (χ2v) is 6.97. The number of hydrogen-bond donors (Lipinski definition) is 1. The molecular formula is C13H18F2N2O2S. The molecule has 1 heterocycles. The summed E-state index contributed by atoms with van der Waals surface area (Å²) in [7, 11) is -2.02. The van der Waals surface area contributed by atoms with Crippen LogP contribution in [0, 0.1) is 17.6 Å². The molecule has 112 valence electrons. The standard InChI is InChI=1S/C13H18F2N2O2S/c1-16-8-10-3-2-4-17(9-10)20(18,19)13-6-11(14)5-12(15)7-13/h5-7,10,16H,2-4,8-9H2,1H3. The van der Waals surface area contributed by atoms with E-state index in [1.165, 1.54) is 4.31 Å². The minimum atomic E-state index is -3.83. The topological polar surface area (TPSA) is 49.4 Å². The van der Waals surface area contributed by atoms with Gasteiger partial charge in [-0.15, -0.1) is 0 Å². The largest absolute Gasteiger partial charge is 0.319 e. The van der Waals surface area contributed by atoms with Crippen molar-refractivity contribution in [3.63, 3.8) is 0 Å². The van der Waals surface area contributed by atoms with E-state index in [0.717, 1.165) is 31.5 Å². The van der Waals surface area contributed by atoms with Crippen LogP contribution in [0.25, 0.3) is 0 Å². The molecule has 0 saturated carbocycles. The monoisotopic (exact) mass is 304 g/mol. The molecule has 0 amide bonds. The first-order chi connectivity index (χ1) is 9.43. The quantitative estimate of drug-likeness (QED) is 0.919. The molecular weight excluding hydrogens is 286 g/mol. The molecule has 2 rings (SSSR count). The van der Waals surface area contributed by atoms with Crippen molar-refractivity contribution in [3.05, 3.63) is 29.8 Å². The number of halogens is 2. The van der Waals surface area contributed by atoms with Gasteiger partial charge in [0.05, 0.1) is 4.90 Å². The van der Waals surface area contributed by atoms with E-state index in [9.17, 15) is 17.2 Å². The summed E-state index contributed by atoms with van der Waals surface area (Å²) in [4.78, 5) is -0.319. The van der Waals surface area contributed by atoms with Crippen molar-refractivity contribution in [1.82, 2.24) is 9.62 Å². The first kappa shape index (κ1) is 15.3. The molecule has 4 nitrogen and oxygen atoms in total. The highest BCUT2D eigenvalue weighted by Crippen LogP contribution is 2.24. The number of nitrogens with zero attached hydrogens (tertiary/aromatic N) is 1. The van der Waals surface area contributed by atoms with Gasteiger partial charge >= 0.3 is 0 Å². The summed E-state index contributed by atoms with van der Waals surface area (Å²) < 4.78 is 52.5. The summed E-state index contributed by atoms with van der Waals surface area (Å²) in [5.74, 6) is -1.54. The first-order valence-electron chi connectivity index (χ1n) is 6.54. The Hall–Kier alpha value is -1.05. The van der Waals surface area contributed by atoms with Crippen LogP contribution in [0.4, 0.5) is 8.78 Å². The third kappa shape index (κ3) is 3.34. The Morgan fingerprint density at radius 2 is 1.95 bits per heavy atom. The molecule has 1 saturated heterocycles. The van der Waals surface area contributed by atoms with Crippen LogP contribution in [0.3, 0.4) is 0 Å². The summed E-state index contributed by atoms with van der Waals surface area (Å²) in [6, 6.07) is 2.39. The second kappa shape index (κ2) is 6.15. The summed E-state index contributed by atoms with van der Waals surface area (Å²) in [6.45, 7) is 1.49. The molecule has 0 aromatic heterocycles. The molecule has 0 radical (unpaired) electrons. The molecule has 1 N–H and O–H groups in total. The highest BCUT2D eigenvalue weighted by atomic mass is 32.2. The van der Waals surface area contributed by atoms with Crippen molar-refractivity contribution in [1.29, 1.82) is 0 Å². The fourth-order valence-electron chi connectivity index (χ4n) is 2.53. The number of rotatable bonds is 4. The first-order valence-corrected chi connectivity index (χ1v) is 7.98. The Bertz CT molecular complexity index is 555. The molecule has 20 heavy (non-hydrogen) atoms. The van der Waals surface area contributed by atoms with Crippen LogP contribution in [-0.4, -0.2) is 39.4 Å². The van der Waals surface area contributed by atoms with Gasteiger partial charge in [0.15, 0.2) is 0 Å². The van der Waals surface area contributed by atoms with E-state index in [1.54, 1.807) is 0 Å². The molecule has 0 aliphatic carbocycles. The molecule has 1 aromatic carbocycles. The zero-order valence-electron chi connectivity index (χ0n) is 11.3. The molecule has 1 aliphatic heterocycles. The lowest BCUT2D eigenvalue weighted by atomic mass is 10.00. The van der Waals surface area contributed by atoms with Crippen LogP contribution in [0.1, 0.15) is 12.8 Å². The van der Waals surface area contributed by atoms with Crippen LogP contribution >= 0.6 is 0 Å². The number of piperidine rings is 1. The maximum Gasteiger partial charge on any atom is 0.243 e. The van der Waals surface area contributed by atoms with Crippen molar-refractivity contribution in [2.45, 2.75) is 17.7 Å². The highest BCUT2D eigenvalue weighted by molar-refractivity contribution is 7.89. The number of benzene rings is 1. The molecule has 7 heteroatoms.